The molecule has 3 rings (SSSR count). The highest BCUT2D eigenvalue weighted by Crippen LogP contribution is 2.39. The van der Waals surface area contributed by atoms with Gasteiger partial charge in [-0.3, -0.25) is 15.6 Å². The van der Waals surface area contributed by atoms with Gasteiger partial charge in [0, 0.05) is 4.88 Å². The summed E-state index contributed by atoms with van der Waals surface area (Å²) < 4.78 is 9.94. The van der Waals surface area contributed by atoms with Crippen molar-refractivity contribution in [1.29, 1.82) is 0 Å². The fourth-order valence-electron chi connectivity index (χ4n) is 2.87. The molecule has 0 saturated heterocycles. The molecule has 1 amide bonds. The first kappa shape index (κ1) is 18.4. The molecule has 1 aliphatic rings. The maximum atomic E-state index is 12.3. The second kappa shape index (κ2) is 7.88. The van der Waals surface area contributed by atoms with Gasteiger partial charge >= 0.3 is 11.9 Å². The van der Waals surface area contributed by atoms with Crippen LogP contribution in [0.25, 0.3) is 0 Å². The average Bonchev–Trinajstić information content (AvgIpc) is 3.26. The number of esters is 1. The molecule has 0 radical (unpaired) electrons. The topological polar surface area (TPSA) is 92.6 Å². The van der Waals surface area contributed by atoms with Crippen molar-refractivity contribution < 1.29 is 18.7 Å². The van der Waals surface area contributed by atoms with Gasteiger partial charge in [0.15, 0.2) is 10.9 Å². The number of thiophene rings is 1. The van der Waals surface area contributed by atoms with E-state index in [1.54, 1.807) is 6.07 Å². The molecule has 9 heteroatoms. The van der Waals surface area contributed by atoms with Crippen LogP contribution in [0.3, 0.4) is 0 Å². The first-order valence-corrected chi connectivity index (χ1v) is 9.35. The second-order valence-electron chi connectivity index (χ2n) is 6.06. The quantitative estimate of drug-likeness (QED) is 0.419. The zero-order valence-corrected chi connectivity index (χ0v) is 16.0. The van der Waals surface area contributed by atoms with Gasteiger partial charge in [-0.2, -0.15) is 0 Å². The van der Waals surface area contributed by atoms with Gasteiger partial charge < -0.3 is 14.5 Å². The Kier molecular flexibility index (Phi) is 5.58. The molecule has 7 nitrogen and oxygen atoms in total. The largest absolute Gasteiger partial charge is 0.465 e. The summed E-state index contributed by atoms with van der Waals surface area (Å²) in [6.45, 7) is 2.20. The molecule has 0 aliphatic heterocycles. The van der Waals surface area contributed by atoms with Crippen LogP contribution < -0.4 is 16.2 Å². The first-order valence-electron chi connectivity index (χ1n) is 8.13. The van der Waals surface area contributed by atoms with Gasteiger partial charge in [-0.15, -0.1) is 11.3 Å². The van der Waals surface area contributed by atoms with Crippen LogP contribution in [0, 0.1) is 5.92 Å². The average molecular weight is 393 g/mol. The molecule has 0 fully saturated rings. The Morgan fingerprint density at radius 1 is 1.38 bits per heavy atom. The lowest BCUT2D eigenvalue weighted by Gasteiger charge is -2.18. The van der Waals surface area contributed by atoms with Crippen molar-refractivity contribution in [3.63, 3.8) is 0 Å². The van der Waals surface area contributed by atoms with Gasteiger partial charge in [-0.05, 0) is 55.1 Å². The van der Waals surface area contributed by atoms with Crippen molar-refractivity contribution in [2.45, 2.75) is 26.2 Å². The van der Waals surface area contributed by atoms with E-state index in [0.717, 1.165) is 24.8 Å². The minimum Gasteiger partial charge on any atom is -0.465 e. The molecule has 2 aromatic heterocycles. The predicted octanol–water partition coefficient (Wildman–Crippen LogP) is 2.88. The number of hydrogen-bond donors (Lipinski definition) is 3. The fraction of sp³-hybridized carbons (Fsp3) is 0.353. The monoisotopic (exact) mass is 393 g/mol. The van der Waals surface area contributed by atoms with Crippen molar-refractivity contribution in [2.24, 2.45) is 5.92 Å². The Labute approximate surface area is 160 Å². The zero-order chi connectivity index (χ0) is 18.7. The molecule has 2 aromatic rings. The Balaban J connectivity index is 1.71. The standard InChI is InChI=1S/C17H19N3O4S2/c1-9-5-6-10-12(8-9)26-15(13(10)16(22)23-2)18-17(25)20-19-14(21)11-4-3-7-24-11/h3-4,7,9H,5-6,8H2,1-2H3,(H,19,21)(H2,18,20,25). The second-order valence-corrected chi connectivity index (χ2v) is 7.57. The molecule has 2 heterocycles. The van der Waals surface area contributed by atoms with Gasteiger partial charge in [0.2, 0.25) is 0 Å². The summed E-state index contributed by atoms with van der Waals surface area (Å²) in [5.41, 5.74) is 6.61. The minimum absolute atomic E-state index is 0.163. The van der Waals surface area contributed by atoms with Crippen LogP contribution in [0.5, 0.6) is 0 Å². The zero-order valence-electron chi connectivity index (χ0n) is 14.4. The van der Waals surface area contributed by atoms with Crippen LogP contribution >= 0.6 is 23.6 Å². The van der Waals surface area contributed by atoms with Gasteiger partial charge in [-0.25, -0.2) is 4.79 Å². The maximum absolute atomic E-state index is 12.3. The van der Waals surface area contributed by atoms with E-state index >= 15 is 0 Å². The van der Waals surface area contributed by atoms with Crippen molar-refractivity contribution in [1.82, 2.24) is 10.9 Å². The summed E-state index contributed by atoms with van der Waals surface area (Å²) in [6.07, 6.45) is 4.22. The van der Waals surface area contributed by atoms with Gasteiger partial charge in [0.25, 0.3) is 0 Å². The summed E-state index contributed by atoms with van der Waals surface area (Å²) in [5.74, 6) is -0.0955. The minimum atomic E-state index is -0.452. The normalized spacial score (nSPS) is 15.7. The molecule has 0 bridgehead atoms. The van der Waals surface area contributed by atoms with Crippen LogP contribution in [0.15, 0.2) is 22.8 Å². The number of thiocarbonyl (C=S) groups is 1. The summed E-state index contributed by atoms with van der Waals surface area (Å²) in [4.78, 5) is 25.3. The highest BCUT2D eigenvalue weighted by Gasteiger charge is 2.28. The van der Waals surface area contributed by atoms with E-state index < -0.39 is 5.91 Å². The Morgan fingerprint density at radius 2 is 2.19 bits per heavy atom. The van der Waals surface area contributed by atoms with E-state index in [1.807, 2.05) is 0 Å². The fourth-order valence-corrected chi connectivity index (χ4v) is 4.50. The lowest BCUT2D eigenvalue weighted by atomic mass is 9.88. The van der Waals surface area contributed by atoms with E-state index in [4.69, 9.17) is 21.4 Å². The molecular formula is C17H19N3O4S2. The summed E-state index contributed by atoms with van der Waals surface area (Å²) in [7, 11) is 1.36. The molecule has 1 unspecified atom stereocenters. The number of rotatable bonds is 3. The third kappa shape index (κ3) is 3.88. The summed E-state index contributed by atoms with van der Waals surface area (Å²) >= 11 is 6.72. The highest BCUT2D eigenvalue weighted by molar-refractivity contribution is 7.80. The summed E-state index contributed by atoms with van der Waals surface area (Å²) in [6, 6.07) is 3.16. The van der Waals surface area contributed by atoms with Crippen molar-refractivity contribution in [3.05, 3.63) is 40.2 Å². The first-order chi connectivity index (χ1) is 12.5. The molecule has 26 heavy (non-hydrogen) atoms. The SMILES string of the molecule is COC(=O)c1c(NC(=S)NNC(=O)c2ccco2)sc2c1CCC(C)C2. The number of methoxy groups -OCH3 is 1. The van der Waals surface area contributed by atoms with Crippen LogP contribution in [0.1, 0.15) is 44.7 Å². The van der Waals surface area contributed by atoms with Crippen molar-refractivity contribution in [3.8, 4) is 0 Å². The van der Waals surface area contributed by atoms with Crippen LogP contribution in [-0.2, 0) is 17.6 Å². The molecule has 0 aromatic carbocycles. The summed E-state index contributed by atoms with van der Waals surface area (Å²) in [5, 5.41) is 3.79. The highest BCUT2D eigenvalue weighted by atomic mass is 32.1. The van der Waals surface area contributed by atoms with Crippen molar-refractivity contribution >= 4 is 45.5 Å². The lowest BCUT2D eigenvalue weighted by molar-refractivity contribution is 0.0600. The number of hydrazine groups is 1. The number of nitrogens with one attached hydrogen (secondary N) is 3. The number of ether oxygens (including phenoxy) is 1. The smallest absolute Gasteiger partial charge is 0.341 e. The van der Waals surface area contributed by atoms with Crippen LogP contribution in [0.4, 0.5) is 5.00 Å². The van der Waals surface area contributed by atoms with Gasteiger partial charge in [0.05, 0.1) is 18.9 Å². The third-order valence-corrected chi connectivity index (χ3v) is 5.54. The molecular weight excluding hydrogens is 374 g/mol. The number of hydrogen-bond acceptors (Lipinski definition) is 6. The predicted molar refractivity (Wildman–Crippen MR) is 102 cm³/mol. The molecule has 138 valence electrons. The third-order valence-electron chi connectivity index (χ3n) is 4.16. The van der Waals surface area contributed by atoms with E-state index in [9.17, 15) is 9.59 Å². The number of carbonyl (C=O) groups excluding carboxylic acids is 2. The van der Waals surface area contributed by atoms with E-state index in [1.165, 1.54) is 35.7 Å². The van der Waals surface area contributed by atoms with E-state index in [-0.39, 0.29) is 16.8 Å². The number of furan rings is 1. The molecule has 3 N–H and O–H groups in total. The molecule has 1 aliphatic carbocycles. The van der Waals surface area contributed by atoms with Gasteiger partial charge in [0.1, 0.15) is 5.00 Å². The van der Waals surface area contributed by atoms with Crippen LogP contribution in [-0.4, -0.2) is 24.1 Å². The van der Waals surface area contributed by atoms with Gasteiger partial charge in [-0.1, -0.05) is 6.92 Å². The van der Waals surface area contributed by atoms with E-state index in [0.29, 0.717) is 16.5 Å². The van der Waals surface area contributed by atoms with Crippen LogP contribution in [0.2, 0.25) is 0 Å². The molecule has 0 saturated carbocycles. The lowest BCUT2D eigenvalue weighted by Crippen LogP contribution is -2.43. The van der Waals surface area contributed by atoms with E-state index in [2.05, 4.69) is 23.1 Å². The Bertz CT molecular complexity index is 829. The molecule has 0 spiro atoms. The number of amides is 1. The Morgan fingerprint density at radius 3 is 2.88 bits per heavy atom. The maximum Gasteiger partial charge on any atom is 0.341 e. The van der Waals surface area contributed by atoms with Crippen molar-refractivity contribution in [2.75, 3.05) is 12.4 Å². The number of anilines is 1. The molecule has 1 atom stereocenters. The number of carbonyl (C=O) groups is 2. The number of fused-ring (bicyclic) bond motifs is 1. The Hall–Kier alpha value is -2.39.